The standard InChI is InChI=1S/C31H37N3O6S/c1-5-41(37,38)34(26-15-16-28-29(18-26)40-21-39-28)20-30(35)33(19-25-13-11-23(4)12-14-25)27(31(36)32-22(2)3)17-24-9-7-6-8-10-24/h6-16,18,22,27H,5,17,19-21H2,1-4H3,(H,32,36)/t27-/m0/s1. The molecule has 2 amide bonds. The summed E-state index contributed by atoms with van der Waals surface area (Å²) < 4.78 is 38.5. The van der Waals surface area contributed by atoms with Crippen molar-refractivity contribution < 1.29 is 27.5 Å². The molecular formula is C31H37N3O6S. The molecule has 1 aliphatic rings. The Balaban J connectivity index is 1.74. The molecule has 1 heterocycles. The summed E-state index contributed by atoms with van der Waals surface area (Å²) in [5.74, 6) is -0.116. The van der Waals surface area contributed by atoms with Gasteiger partial charge in [0.15, 0.2) is 11.5 Å². The first kappa shape index (κ1) is 29.9. The number of amides is 2. The van der Waals surface area contributed by atoms with Gasteiger partial charge in [-0.25, -0.2) is 8.42 Å². The van der Waals surface area contributed by atoms with Crippen molar-refractivity contribution in [3.05, 3.63) is 89.5 Å². The van der Waals surface area contributed by atoms with Gasteiger partial charge in [0.25, 0.3) is 0 Å². The second-order valence-corrected chi connectivity index (χ2v) is 12.5. The van der Waals surface area contributed by atoms with Gasteiger partial charge in [-0.05, 0) is 51.0 Å². The molecule has 0 radical (unpaired) electrons. The van der Waals surface area contributed by atoms with Crippen molar-refractivity contribution in [2.24, 2.45) is 0 Å². The molecule has 0 aliphatic carbocycles. The van der Waals surface area contributed by atoms with E-state index >= 15 is 0 Å². The van der Waals surface area contributed by atoms with E-state index in [2.05, 4.69) is 5.32 Å². The summed E-state index contributed by atoms with van der Waals surface area (Å²) in [7, 11) is -3.87. The van der Waals surface area contributed by atoms with Gasteiger partial charge in [-0.3, -0.25) is 13.9 Å². The average molecular weight is 580 g/mol. The van der Waals surface area contributed by atoms with Crippen LogP contribution in [-0.2, 0) is 32.6 Å². The molecule has 218 valence electrons. The monoisotopic (exact) mass is 579 g/mol. The van der Waals surface area contributed by atoms with Crippen LogP contribution in [0.3, 0.4) is 0 Å². The molecule has 1 aliphatic heterocycles. The Hall–Kier alpha value is -4.05. The lowest BCUT2D eigenvalue weighted by Crippen LogP contribution is -2.54. The molecule has 0 spiro atoms. The van der Waals surface area contributed by atoms with E-state index in [1.54, 1.807) is 18.2 Å². The van der Waals surface area contributed by atoms with Crippen LogP contribution in [0.2, 0.25) is 0 Å². The summed E-state index contributed by atoms with van der Waals surface area (Å²) in [5.41, 5.74) is 3.05. The number of benzene rings is 3. The first-order chi connectivity index (χ1) is 19.6. The van der Waals surface area contributed by atoms with E-state index in [1.807, 2.05) is 75.4 Å². The summed E-state index contributed by atoms with van der Waals surface area (Å²) in [4.78, 5) is 29.3. The van der Waals surface area contributed by atoms with Crippen LogP contribution in [0.5, 0.6) is 11.5 Å². The second-order valence-electron chi connectivity index (χ2n) is 10.3. The summed E-state index contributed by atoms with van der Waals surface area (Å²) in [5, 5.41) is 2.95. The average Bonchev–Trinajstić information content (AvgIpc) is 3.42. The van der Waals surface area contributed by atoms with Gasteiger partial charge in [-0.2, -0.15) is 0 Å². The zero-order valence-electron chi connectivity index (χ0n) is 23.9. The smallest absolute Gasteiger partial charge is 0.244 e. The Morgan fingerprint density at radius 1 is 0.927 bits per heavy atom. The van der Waals surface area contributed by atoms with Crippen molar-refractivity contribution in [2.45, 2.75) is 52.7 Å². The number of nitrogens with one attached hydrogen (secondary N) is 1. The summed E-state index contributed by atoms with van der Waals surface area (Å²) in [6, 6.07) is 20.9. The molecule has 3 aromatic rings. The minimum Gasteiger partial charge on any atom is -0.454 e. The van der Waals surface area contributed by atoms with Crippen LogP contribution in [0.4, 0.5) is 5.69 Å². The van der Waals surface area contributed by atoms with Gasteiger partial charge in [0.05, 0.1) is 11.4 Å². The molecular weight excluding hydrogens is 542 g/mol. The molecule has 0 saturated heterocycles. The number of fused-ring (bicyclic) bond motifs is 1. The normalized spacial score (nSPS) is 13.1. The molecule has 3 aromatic carbocycles. The SMILES string of the molecule is CCS(=O)(=O)N(CC(=O)N(Cc1ccc(C)cc1)[C@@H](Cc1ccccc1)C(=O)NC(C)C)c1ccc2c(c1)OCO2. The number of aryl methyl sites for hydroxylation is 1. The fraction of sp³-hybridized carbons (Fsp3) is 0.355. The van der Waals surface area contributed by atoms with E-state index in [9.17, 15) is 18.0 Å². The maximum absolute atomic E-state index is 14.2. The molecule has 10 heteroatoms. The van der Waals surface area contributed by atoms with Gasteiger partial charge >= 0.3 is 0 Å². The maximum atomic E-state index is 14.2. The van der Waals surface area contributed by atoms with E-state index in [0.29, 0.717) is 11.5 Å². The van der Waals surface area contributed by atoms with Gasteiger partial charge in [-0.1, -0.05) is 60.2 Å². The van der Waals surface area contributed by atoms with Crippen LogP contribution in [0, 0.1) is 6.92 Å². The predicted octanol–water partition coefficient (Wildman–Crippen LogP) is 4.04. The van der Waals surface area contributed by atoms with Crippen LogP contribution in [-0.4, -0.2) is 56.3 Å². The highest BCUT2D eigenvalue weighted by Gasteiger charge is 2.34. The number of sulfonamides is 1. The molecule has 4 rings (SSSR count). The zero-order valence-corrected chi connectivity index (χ0v) is 24.7. The fourth-order valence-electron chi connectivity index (χ4n) is 4.58. The highest BCUT2D eigenvalue weighted by atomic mass is 32.2. The number of rotatable bonds is 12. The Morgan fingerprint density at radius 3 is 2.27 bits per heavy atom. The van der Waals surface area contributed by atoms with Crippen LogP contribution in [0.15, 0.2) is 72.8 Å². The molecule has 1 atom stereocenters. The van der Waals surface area contributed by atoms with Gasteiger partial charge in [0, 0.05) is 25.1 Å². The third-order valence-corrected chi connectivity index (χ3v) is 8.54. The van der Waals surface area contributed by atoms with Crippen LogP contribution in [0.1, 0.15) is 37.5 Å². The summed E-state index contributed by atoms with van der Waals surface area (Å²) >= 11 is 0. The molecule has 9 nitrogen and oxygen atoms in total. The van der Waals surface area contributed by atoms with Crippen molar-refractivity contribution in [3.8, 4) is 11.5 Å². The van der Waals surface area contributed by atoms with Crippen molar-refractivity contribution >= 4 is 27.5 Å². The number of hydrogen-bond acceptors (Lipinski definition) is 6. The Morgan fingerprint density at radius 2 is 1.61 bits per heavy atom. The second kappa shape index (κ2) is 13.1. The third-order valence-electron chi connectivity index (χ3n) is 6.80. The number of hydrogen-bond donors (Lipinski definition) is 1. The van der Waals surface area contributed by atoms with Gasteiger partial charge in [0.2, 0.25) is 28.6 Å². The Bertz CT molecular complexity index is 1460. The van der Waals surface area contributed by atoms with Crippen molar-refractivity contribution in [1.82, 2.24) is 10.2 Å². The molecule has 1 N–H and O–H groups in total. The number of carbonyl (C=O) groups excluding carboxylic acids is 2. The lowest BCUT2D eigenvalue weighted by atomic mass is 10.0. The number of anilines is 1. The highest BCUT2D eigenvalue weighted by molar-refractivity contribution is 7.92. The molecule has 41 heavy (non-hydrogen) atoms. The highest BCUT2D eigenvalue weighted by Crippen LogP contribution is 2.36. The van der Waals surface area contributed by atoms with E-state index in [4.69, 9.17) is 9.47 Å². The quantitative estimate of drug-likeness (QED) is 0.347. The molecule has 0 aromatic heterocycles. The van der Waals surface area contributed by atoms with Gasteiger partial charge in [-0.15, -0.1) is 0 Å². The van der Waals surface area contributed by atoms with Gasteiger partial charge in [0.1, 0.15) is 12.6 Å². The van der Waals surface area contributed by atoms with Crippen molar-refractivity contribution in [3.63, 3.8) is 0 Å². The maximum Gasteiger partial charge on any atom is 0.244 e. The third kappa shape index (κ3) is 7.58. The summed E-state index contributed by atoms with van der Waals surface area (Å²) in [6.45, 7) is 6.90. The topological polar surface area (TPSA) is 105 Å². The van der Waals surface area contributed by atoms with Crippen molar-refractivity contribution in [2.75, 3.05) is 23.4 Å². The van der Waals surface area contributed by atoms with Crippen LogP contribution in [0.25, 0.3) is 0 Å². The molecule has 0 fully saturated rings. The number of nitrogens with zero attached hydrogens (tertiary/aromatic N) is 2. The number of ether oxygens (including phenoxy) is 2. The predicted molar refractivity (Wildman–Crippen MR) is 158 cm³/mol. The van der Waals surface area contributed by atoms with E-state index in [1.165, 1.54) is 11.8 Å². The van der Waals surface area contributed by atoms with E-state index < -0.39 is 28.5 Å². The molecule has 0 bridgehead atoms. The van der Waals surface area contributed by atoms with Crippen LogP contribution >= 0.6 is 0 Å². The lowest BCUT2D eigenvalue weighted by Gasteiger charge is -2.34. The van der Waals surface area contributed by atoms with E-state index in [-0.39, 0.29) is 43.1 Å². The zero-order chi connectivity index (χ0) is 29.6. The first-order valence-electron chi connectivity index (χ1n) is 13.7. The molecule has 0 saturated carbocycles. The summed E-state index contributed by atoms with van der Waals surface area (Å²) in [6.07, 6.45) is 0.265. The Labute approximate surface area is 242 Å². The van der Waals surface area contributed by atoms with Crippen LogP contribution < -0.4 is 19.1 Å². The number of carbonyl (C=O) groups is 2. The van der Waals surface area contributed by atoms with E-state index in [0.717, 1.165) is 21.0 Å². The minimum absolute atomic E-state index is 0.0364. The minimum atomic E-state index is -3.87. The Kier molecular flexibility index (Phi) is 9.54. The lowest BCUT2D eigenvalue weighted by molar-refractivity contribution is -0.140. The first-order valence-corrected chi connectivity index (χ1v) is 15.3. The van der Waals surface area contributed by atoms with Crippen molar-refractivity contribution in [1.29, 1.82) is 0 Å². The molecule has 0 unspecified atom stereocenters. The largest absolute Gasteiger partial charge is 0.454 e. The van der Waals surface area contributed by atoms with Gasteiger partial charge < -0.3 is 19.7 Å². The fourth-order valence-corrected chi connectivity index (χ4v) is 5.64.